The molecule has 1 N–H and O–H groups in total. The van der Waals surface area contributed by atoms with Crippen molar-refractivity contribution in [1.29, 1.82) is 0 Å². The van der Waals surface area contributed by atoms with Gasteiger partial charge in [0.25, 0.3) is 0 Å². The summed E-state index contributed by atoms with van der Waals surface area (Å²) in [6, 6.07) is 16.5. The summed E-state index contributed by atoms with van der Waals surface area (Å²) in [5, 5.41) is 3.05. The van der Waals surface area contributed by atoms with Crippen molar-refractivity contribution in [3.63, 3.8) is 0 Å². The third kappa shape index (κ3) is 13.8. The Labute approximate surface area is 191 Å². The van der Waals surface area contributed by atoms with Gasteiger partial charge in [0.1, 0.15) is 0 Å². The summed E-state index contributed by atoms with van der Waals surface area (Å²) in [5.74, 6) is 0. The first-order valence-corrected chi connectivity index (χ1v) is 11.3. The highest BCUT2D eigenvalue weighted by Gasteiger charge is 1.98. The molecular weight excluding hydrogens is 378 g/mol. The molecule has 2 aromatic carbocycles. The van der Waals surface area contributed by atoms with E-state index in [1.54, 1.807) is 7.05 Å². The van der Waals surface area contributed by atoms with Crippen LogP contribution in [0.3, 0.4) is 0 Å². The minimum Gasteiger partial charge on any atom is -0.388 e. The Bertz CT molecular complexity index is 775. The standard InChI is InChI=1S/C14H14N2.C8H11N.3C2H6/c1-11-3-5-13(6-4-11)16-14-9-7-12(15-2)8-10-14;1-7-3-5-8(9-2)6-4-7;3*1-2/h3-10H,1-2H3;3-6,9H,1-2H3;3*1-2H3. The predicted octanol–water partition coefficient (Wildman–Crippen LogP) is 8.38. The van der Waals surface area contributed by atoms with Gasteiger partial charge in [0.2, 0.25) is 0 Å². The second-order valence-electron chi connectivity index (χ2n) is 5.80. The molecule has 1 aliphatic carbocycles. The molecule has 0 radical (unpaired) electrons. The first kappa shape index (κ1) is 30.3. The highest BCUT2D eigenvalue weighted by molar-refractivity contribution is 6.18. The molecule has 170 valence electrons. The summed E-state index contributed by atoms with van der Waals surface area (Å²) in [7, 11) is 3.71. The van der Waals surface area contributed by atoms with Gasteiger partial charge in [0.05, 0.1) is 17.1 Å². The number of nitrogens with zero attached hydrogens (tertiary/aromatic N) is 2. The normalized spacial score (nSPS) is 10.5. The molecule has 0 unspecified atom stereocenters. The van der Waals surface area contributed by atoms with E-state index in [1.165, 1.54) is 16.8 Å². The number of rotatable bonds is 2. The molecule has 0 saturated heterocycles. The van der Waals surface area contributed by atoms with Gasteiger partial charge in [0.15, 0.2) is 0 Å². The van der Waals surface area contributed by atoms with Gasteiger partial charge in [-0.1, -0.05) is 76.9 Å². The van der Waals surface area contributed by atoms with Crippen molar-refractivity contribution in [2.45, 2.75) is 55.4 Å². The predicted molar refractivity (Wildman–Crippen MR) is 145 cm³/mol. The van der Waals surface area contributed by atoms with Crippen LogP contribution in [0.25, 0.3) is 0 Å². The van der Waals surface area contributed by atoms with Gasteiger partial charge in [0, 0.05) is 19.8 Å². The molecule has 2 aromatic rings. The maximum absolute atomic E-state index is 4.52. The smallest absolute Gasteiger partial charge is 0.0638 e. The van der Waals surface area contributed by atoms with Gasteiger partial charge in [-0.05, 0) is 62.4 Å². The van der Waals surface area contributed by atoms with E-state index in [9.17, 15) is 0 Å². The molecule has 0 fully saturated rings. The van der Waals surface area contributed by atoms with E-state index < -0.39 is 0 Å². The quantitative estimate of drug-likeness (QED) is 0.486. The second kappa shape index (κ2) is 20.3. The van der Waals surface area contributed by atoms with Crippen LogP contribution in [0, 0.1) is 13.8 Å². The average molecular weight is 422 g/mol. The summed E-state index contributed by atoms with van der Waals surface area (Å²) in [5.41, 5.74) is 6.62. The fourth-order valence-corrected chi connectivity index (χ4v) is 2.16. The lowest BCUT2D eigenvalue weighted by Gasteiger charge is -2.01. The highest BCUT2D eigenvalue weighted by Crippen LogP contribution is 2.14. The second-order valence-corrected chi connectivity index (χ2v) is 5.80. The van der Waals surface area contributed by atoms with Crippen LogP contribution in [0.15, 0.2) is 82.8 Å². The SMILES string of the molecule is CC.CC.CC.CN=C1C=CC(=Nc2ccc(C)cc2)C=C1.CNc1ccc(C)cc1. The van der Waals surface area contributed by atoms with Gasteiger partial charge in [-0.15, -0.1) is 0 Å². The Morgan fingerprint density at radius 2 is 0.968 bits per heavy atom. The van der Waals surface area contributed by atoms with Crippen molar-refractivity contribution in [2.75, 3.05) is 19.4 Å². The molecule has 0 spiro atoms. The fraction of sp³-hybridized carbons (Fsp3) is 0.357. The van der Waals surface area contributed by atoms with Crippen molar-refractivity contribution >= 4 is 22.8 Å². The third-order valence-electron chi connectivity index (χ3n) is 3.74. The van der Waals surface area contributed by atoms with Gasteiger partial charge in [-0.2, -0.15) is 0 Å². The van der Waals surface area contributed by atoms with Crippen molar-refractivity contribution in [2.24, 2.45) is 9.98 Å². The molecule has 0 atom stereocenters. The number of allylic oxidation sites excluding steroid dienone is 4. The van der Waals surface area contributed by atoms with Crippen LogP contribution in [-0.2, 0) is 0 Å². The molecule has 0 aliphatic heterocycles. The van der Waals surface area contributed by atoms with E-state index in [0.29, 0.717) is 0 Å². The van der Waals surface area contributed by atoms with Crippen LogP contribution < -0.4 is 5.32 Å². The number of aliphatic imine (C=N–C) groups is 2. The number of aryl methyl sites for hydroxylation is 2. The maximum atomic E-state index is 4.52. The van der Waals surface area contributed by atoms with Gasteiger partial charge in [-0.25, -0.2) is 4.99 Å². The largest absolute Gasteiger partial charge is 0.388 e. The lowest BCUT2D eigenvalue weighted by Crippen LogP contribution is -1.99. The van der Waals surface area contributed by atoms with E-state index in [2.05, 4.69) is 65.5 Å². The zero-order chi connectivity index (χ0) is 24.1. The van der Waals surface area contributed by atoms with Crippen molar-refractivity contribution in [3.05, 3.63) is 84.0 Å². The number of anilines is 1. The van der Waals surface area contributed by atoms with E-state index in [1.807, 2.05) is 85.0 Å². The number of hydrogen-bond donors (Lipinski definition) is 1. The van der Waals surface area contributed by atoms with Crippen LogP contribution >= 0.6 is 0 Å². The fourth-order valence-electron chi connectivity index (χ4n) is 2.16. The summed E-state index contributed by atoms with van der Waals surface area (Å²) in [4.78, 5) is 8.60. The zero-order valence-electron chi connectivity index (χ0n) is 21.3. The Balaban J connectivity index is 0. The molecule has 3 nitrogen and oxygen atoms in total. The van der Waals surface area contributed by atoms with Gasteiger partial charge >= 0.3 is 0 Å². The van der Waals surface area contributed by atoms with Crippen LogP contribution in [0.2, 0.25) is 0 Å². The first-order valence-electron chi connectivity index (χ1n) is 11.3. The molecule has 1 aliphatic rings. The summed E-state index contributed by atoms with van der Waals surface area (Å²) < 4.78 is 0. The van der Waals surface area contributed by atoms with Crippen molar-refractivity contribution < 1.29 is 0 Å². The Hall–Kier alpha value is -2.94. The van der Waals surface area contributed by atoms with E-state index in [-0.39, 0.29) is 0 Å². The van der Waals surface area contributed by atoms with Crippen LogP contribution in [0.1, 0.15) is 52.7 Å². The molecule has 0 bridgehead atoms. The lowest BCUT2D eigenvalue weighted by molar-refractivity contribution is 1.43. The number of benzene rings is 2. The third-order valence-corrected chi connectivity index (χ3v) is 3.74. The average Bonchev–Trinajstić information content (AvgIpc) is 2.86. The topological polar surface area (TPSA) is 36.8 Å². The van der Waals surface area contributed by atoms with E-state index in [4.69, 9.17) is 0 Å². The highest BCUT2D eigenvalue weighted by atomic mass is 14.8. The minimum absolute atomic E-state index is 0.955. The van der Waals surface area contributed by atoms with Crippen molar-refractivity contribution in [3.8, 4) is 0 Å². The molecule has 31 heavy (non-hydrogen) atoms. The number of nitrogens with one attached hydrogen (secondary N) is 1. The van der Waals surface area contributed by atoms with Gasteiger partial charge < -0.3 is 5.32 Å². The monoisotopic (exact) mass is 421 g/mol. The minimum atomic E-state index is 0.955. The Kier molecular flexibility index (Phi) is 19.8. The van der Waals surface area contributed by atoms with Crippen molar-refractivity contribution in [1.82, 2.24) is 0 Å². The summed E-state index contributed by atoms with van der Waals surface area (Å²) in [6.07, 6.45) is 7.88. The van der Waals surface area contributed by atoms with Crippen LogP contribution in [0.5, 0.6) is 0 Å². The molecule has 0 amide bonds. The Morgan fingerprint density at radius 3 is 1.35 bits per heavy atom. The molecule has 3 heteroatoms. The van der Waals surface area contributed by atoms with E-state index in [0.717, 1.165) is 17.1 Å². The number of hydrogen-bond acceptors (Lipinski definition) is 3. The summed E-state index contributed by atoms with van der Waals surface area (Å²) in [6.45, 7) is 16.2. The summed E-state index contributed by atoms with van der Waals surface area (Å²) >= 11 is 0. The molecule has 3 rings (SSSR count). The zero-order valence-corrected chi connectivity index (χ0v) is 21.3. The van der Waals surface area contributed by atoms with Gasteiger partial charge in [-0.3, -0.25) is 4.99 Å². The molecule has 0 heterocycles. The Morgan fingerprint density at radius 1 is 0.581 bits per heavy atom. The maximum Gasteiger partial charge on any atom is 0.0638 e. The molecular formula is C28H43N3. The molecule has 0 saturated carbocycles. The first-order chi connectivity index (χ1) is 15.1. The molecule has 0 aromatic heterocycles. The van der Waals surface area contributed by atoms with E-state index >= 15 is 0 Å². The van der Waals surface area contributed by atoms with Crippen LogP contribution in [-0.4, -0.2) is 25.5 Å². The van der Waals surface area contributed by atoms with Crippen LogP contribution in [0.4, 0.5) is 11.4 Å². The lowest BCUT2D eigenvalue weighted by atomic mass is 10.1.